The maximum atomic E-state index is 11.2. The van der Waals surface area contributed by atoms with E-state index in [1.807, 2.05) is 22.8 Å². The fourth-order valence-electron chi connectivity index (χ4n) is 1.76. The van der Waals surface area contributed by atoms with Gasteiger partial charge in [0.25, 0.3) is 0 Å². The van der Waals surface area contributed by atoms with Crippen molar-refractivity contribution in [3.05, 3.63) is 27.6 Å². The van der Waals surface area contributed by atoms with Gasteiger partial charge in [0, 0.05) is 16.4 Å². The van der Waals surface area contributed by atoms with Crippen LogP contribution in [0.5, 0.6) is 0 Å². The molecule has 1 aromatic heterocycles. The number of imidazole rings is 1. The number of alkyl halides is 1. The molecule has 0 bridgehead atoms. The van der Waals surface area contributed by atoms with Crippen LogP contribution in [0.4, 0.5) is 0 Å². The average molecular weight is 399 g/mol. The van der Waals surface area contributed by atoms with Crippen molar-refractivity contribution in [2.24, 2.45) is 0 Å². The van der Waals surface area contributed by atoms with Crippen molar-refractivity contribution in [2.75, 3.05) is 12.0 Å². The summed E-state index contributed by atoms with van der Waals surface area (Å²) in [6.45, 7) is 0.387. The minimum Gasteiger partial charge on any atom is -0.326 e. The number of hydrogen-bond acceptors (Lipinski definition) is 3. The number of rotatable bonds is 4. The lowest BCUT2D eigenvalue weighted by molar-refractivity contribution is 0.594. The van der Waals surface area contributed by atoms with Crippen LogP contribution in [-0.4, -0.2) is 30.0 Å². The molecule has 0 aliphatic carbocycles. The van der Waals surface area contributed by atoms with E-state index in [4.69, 9.17) is 11.6 Å². The number of aryl methyl sites for hydroxylation is 1. The number of fused-ring (bicyclic) bond motifs is 1. The SMILES string of the molecule is CS(=O)(=O)CCn1c(CCl)nc2cc(I)ccc21. The summed E-state index contributed by atoms with van der Waals surface area (Å²) in [6, 6.07) is 5.88. The van der Waals surface area contributed by atoms with E-state index in [1.165, 1.54) is 6.26 Å². The molecule has 7 heteroatoms. The third-order valence-corrected chi connectivity index (χ3v) is 4.43. The Hall–Kier alpha value is -0.340. The molecule has 0 N–H and O–H groups in total. The Kier molecular flexibility index (Phi) is 4.18. The molecule has 0 aliphatic rings. The predicted molar refractivity (Wildman–Crippen MR) is 81.7 cm³/mol. The molecule has 2 rings (SSSR count). The minimum absolute atomic E-state index is 0.0916. The van der Waals surface area contributed by atoms with Crippen LogP contribution in [0.15, 0.2) is 18.2 Å². The van der Waals surface area contributed by atoms with E-state index in [-0.39, 0.29) is 11.6 Å². The number of aromatic nitrogens is 2. The number of nitrogens with zero attached hydrogens (tertiary/aromatic N) is 2. The zero-order valence-corrected chi connectivity index (χ0v) is 13.5. The van der Waals surface area contributed by atoms with E-state index in [1.54, 1.807) is 0 Å². The fourth-order valence-corrected chi connectivity index (χ4v) is 2.95. The van der Waals surface area contributed by atoms with Crippen molar-refractivity contribution >= 4 is 55.1 Å². The summed E-state index contributed by atoms with van der Waals surface area (Å²) < 4.78 is 25.5. The lowest BCUT2D eigenvalue weighted by Gasteiger charge is -2.06. The highest BCUT2D eigenvalue weighted by molar-refractivity contribution is 14.1. The van der Waals surface area contributed by atoms with Gasteiger partial charge in [-0.2, -0.15) is 0 Å². The van der Waals surface area contributed by atoms with Gasteiger partial charge in [0.2, 0.25) is 0 Å². The lowest BCUT2D eigenvalue weighted by Crippen LogP contribution is -2.12. The molecule has 0 radical (unpaired) electrons. The summed E-state index contributed by atoms with van der Waals surface area (Å²) >= 11 is 8.08. The van der Waals surface area contributed by atoms with Crippen molar-refractivity contribution in [3.63, 3.8) is 0 Å². The topological polar surface area (TPSA) is 52.0 Å². The molecule has 0 amide bonds. The monoisotopic (exact) mass is 398 g/mol. The molecular formula is C11H12ClIN2O2S. The fraction of sp³-hybridized carbons (Fsp3) is 0.364. The average Bonchev–Trinajstić information content (AvgIpc) is 2.62. The van der Waals surface area contributed by atoms with E-state index < -0.39 is 9.84 Å². The Bertz CT molecular complexity index is 682. The third-order valence-electron chi connectivity index (χ3n) is 2.59. The first-order valence-electron chi connectivity index (χ1n) is 5.29. The first-order chi connectivity index (χ1) is 8.40. The minimum atomic E-state index is -3.00. The summed E-state index contributed by atoms with van der Waals surface area (Å²) in [5.41, 5.74) is 1.78. The first-order valence-corrected chi connectivity index (χ1v) is 8.96. The standard InChI is InChI=1S/C11H12ClIN2O2S/c1-18(16,17)5-4-15-10-3-2-8(13)6-9(10)14-11(15)7-12/h2-3,6H,4-5,7H2,1H3. The zero-order valence-electron chi connectivity index (χ0n) is 9.73. The maximum Gasteiger partial charge on any atom is 0.149 e. The third kappa shape index (κ3) is 3.16. The second-order valence-corrected chi connectivity index (χ2v) is 7.85. The van der Waals surface area contributed by atoms with Crippen LogP contribution in [0.25, 0.3) is 11.0 Å². The van der Waals surface area contributed by atoms with Crippen LogP contribution in [0, 0.1) is 3.57 Å². The van der Waals surface area contributed by atoms with Gasteiger partial charge < -0.3 is 4.57 Å². The number of benzene rings is 1. The summed E-state index contributed by atoms with van der Waals surface area (Å²) in [5, 5.41) is 0. The van der Waals surface area contributed by atoms with Gasteiger partial charge in [0.1, 0.15) is 15.7 Å². The highest BCUT2D eigenvalue weighted by atomic mass is 127. The molecule has 4 nitrogen and oxygen atoms in total. The van der Waals surface area contributed by atoms with E-state index in [0.717, 1.165) is 14.6 Å². The number of sulfone groups is 1. The van der Waals surface area contributed by atoms with Gasteiger partial charge in [-0.3, -0.25) is 0 Å². The molecule has 2 aromatic rings. The molecule has 1 heterocycles. The Morgan fingerprint density at radius 1 is 1.44 bits per heavy atom. The van der Waals surface area contributed by atoms with Crippen molar-refractivity contribution in [1.82, 2.24) is 9.55 Å². The first kappa shape index (κ1) is 14.1. The molecule has 0 unspecified atom stereocenters. The quantitative estimate of drug-likeness (QED) is 0.587. The smallest absolute Gasteiger partial charge is 0.149 e. The molecule has 1 aromatic carbocycles. The normalized spacial score (nSPS) is 12.2. The maximum absolute atomic E-state index is 11.2. The molecule has 0 atom stereocenters. The molecule has 0 aliphatic heterocycles. The number of hydrogen-bond donors (Lipinski definition) is 0. The van der Waals surface area contributed by atoms with Gasteiger partial charge >= 0.3 is 0 Å². The Morgan fingerprint density at radius 2 is 2.17 bits per heavy atom. The van der Waals surface area contributed by atoms with Crippen LogP contribution in [-0.2, 0) is 22.3 Å². The van der Waals surface area contributed by atoms with E-state index in [9.17, 15) is 8.42 Å². The predicted octanol–water partition coefficient (Wildman–Crippen LogP) is 2.42. The van der Waals surface area contributed by atoms with Crippen LogP contribution in [0.2, 0.25) is 0 Å². The van der Waals surface area contributed by atoms with Crippen LogP contribution >= 0.6 is 34.2 Å². The van der Waals surface area contributed by atoms with Crippen molar-refractivity contribution in [1.29, 1.82) is 0 Å². The van der Waals surface area contributed by atoms with Crippen molar-refractivity contribution in [3.8, 4) is 0 Å². The van der Waals surface area contributed by atoms with Crippen LogP contribution in [0.3, 0.4) is 0 Å². The van der Waals surface area contributed by atoms with Gasteiger partial charge in [-0.05, 0) is 40.8 Å². The molecule has 98 valence electrons. The number of halogens is 2. The summed E-state index contributed by atoms with van der Waals surface area (Å²) in [4.78, 5) is 4.42. The molecular weight excluding hydrogens is 387 g/mol. The Labute approximate surface area is 124 Å². The molecule has 0 spiro atoms. The summed E-state index contributed by atoms with van der Waals surface area (Å²) in [5.74, 6) is 1.07. The Morgan fingerprint density at radius 3 is 2.78 bits per heavy atom. The molecule has 0 saturated carbocycles. The van der Waals surface area contributed by atoms with E-state index >= 15 is 0 Å². The van der Waals surface area contributed by atoms with Gasteiger partial charge in [0.05, 0.1) is 22.7 Å². The zero-order chi connectivity index (χ0) is 13.3. The van der Waals surface area contributed by atoms with Gasteiger partial charge in [-0.1, -0.05) is 0 Å². The molecule has 0 saturated heterocycles. The van der Waals surface area contributed by atoms with Gasteiger partial charge in [-0.25, -0.2) is 13.4 Å². The van der Waals surface area contributed by atoms with Crippen LogP contribution in [0.1, 0.15) is 5.82 Å². The van der Waals surface area contributed by atoms with Gasteiger partial charge in [0.15, 0.2) is 0 Å². The van der Waals surface area contributed by atoms with Crippen LogP contribution < -0.4 is 0 Å². The van der Waals surface area contributed by atoms with E-state index in [0.29, 0.717) is 12.4 Å². The van der Waals surface area contributed by atoms with E-state index in [2.05, 4.69) is 27.6 Å². The molecule has 18 heavy (non-hydrogen) atoms. The van der Waals surface area contributed by atoms with Crippen molar-refractivity contribution in [2.45, 2.75) is 12.4 Å². The highest BCUT2D eigenvalue weighted by Gasteiger charge is 2.12. The summed E-state index contributed by atoms with van der Waals surface area (Å²) in [6.07, 6.45) is 1.23. The van der Waals surface area contributed by atoms with Gasteiger partial charge in [-0.15, -0.1) is 11.6 Å². The second kappa shape index (κ2) is 5.34. The van der Waals surface area contributed by atoms with Crippen molar-refractivity contribution < 1.29 is 8.42 Å². The lowest BCUT2D eigenvalue weighted by atomic mass is 10.3. The molecule has 0 fully saturated rings. The largest absolute Gasteiger partial charge is 0.326 e. The summed E-state index contributed by atoms with van der Waals surface area (Å²) in [7, 11) is -3.00. The Balaban J connectivity index is 2.47. The second-order valence-electron chi connectivity index (χ2n) is 4.08. The highest BCUT2D eigenvalue weighted by Crippen LogP contribution is 2.20.